The van der Waals surface area contributed by atoms with Gasteiger partial charge >= 0.3 is 0 Å². The SMILES string of the molecule is CC1(C)OC(CC#N)CC(CC(=O)[O-])O1. The van der Waals surface area contributed by atoms with Gasteiger partial charge in [-0.25, -0.2) is 0 Å². The molecule has 1 heterocycles. The van der Waals surface area contributed by atoms with Gasteiger partial charge in [-0.1, -0.05) is 0 Å². The van der Waals surface area contributed by atoms with Gasteiger partial charge in [0.2, 0.25) is 0 Å². The first-order valence-electron chi connectivity index (χ1n) is 4.85. The molecule has 1 aliphatic rings. The van der Waals surface area contributed by atoms with E-state index in [1.165, 1.54) is 0 Å². The maximum Gasteiger partial charge on any atom is 0.163 e. The maximum absolute atomic E-state index is 10.4. The lowest BCUT2D eigenvalue weighted by Gasteiger charge is -2.40. The molecule has 0 spiro atoms. The Morgan fingerprint density at radius 3 is 2.67 bits per heavy atom. The number of aliphatic carboxylic acids is 1. The number of ether oxygens (including phenoxy) is 2. The molecule has 5 nitrogen and oxygen atoms in total. The van der Waals surface area contributed by atoms with Crippen LogP contribution < -0.4 is 5.11 Å². The minimum atomic E-state index is -1.14. The fraction of sp³-hybridized carbons (Fsp3) is 0.800. The molecule has 2 atom stereocenters. The lowest BCUT2D eigenvalue weighted by Crippen LogP contribution is -2.46. The number of hydrogen-bond donors (Lipinski definition) is 0. The van der Waals surface area contributed by atoms with Crippen LogP contribution >= 0.6 is 0 Å². The van der Waals surface area contributed by atoms with Crippen molar-refractivity contribution in [2.75, 3.05) is 0 Å². The second kappa shape index (κ2) is 4.60. The van der Waals surface area contributed by atoms with Crippen molar-refractivity contribution in [3.63, 3.8) is 0 Å². The smallest absolute Gasteiger partial charge is 0.163 e. The lowest BCUT2D eigenvalue weighted by molar-refractivity contribution is -0.323. The van der Waals surface area contributed by atoms with Gasteiger partial charge in [-0.3, -0.25) is 0 Å². The molecule has 5 heteroatoms. The molecule has 0 N–H and O–H groups in total. The van der Waals surface area contributed by atoms with Crippen molar-refractivity contribution in [1.29, 1.82) is 5.26 Å². The molecule has 0 saturated carbocycles. The summed E-state index contributed by atoms with van der Waals surface area (Å²) in [6, 6.07) is 2.01. The van der Waals surface area contributed by atoms with E-state index < -0.39 is 17.9 Å². The van der Waals surface area contributed by atoms with E-state index in [4.69, 9.17) is 14.7 Å². The highest BCUT2D eigenvalue weighted by Crippen LogP contribution is 2.29. The normalized spacial score (nSPS) is 29.4. The molecule has 0 aliphatic carbocycles. The Kier molecular flexibility index (Phi) is 3.66. The third-order valence-corrected chi connectivity index (χ3v) is 2.14. The van der Waals surface area contributed by atoms with E-state index in [1.54, 1.807) is 13.8 Å². The molecule has 1 aliphatic heterocycles. The molecule has 0 aromatic rings. The van der Waals surface area contributed by atoms with Crippen molar-refractivity contribution < 1.29 is 19.4 Å². The topological polar surface area (TPSA) is 82.4 Å². The van der Waals surface area contributed by atoms with Gasteiger partial charge < -0.3 is 19.4 Å². The molecule has 84 valence electrons. The summed E-state index contributed by atoms with van der Waals surface area (Å²) in [6.45, 7) is 3.41. The van der Waals surface area contributed by atoms with E-state index >= 15 is 0 Å². The number of carbonyl (C=O) groups excluding carboxylic acids is 1. The summed E-state index contributed by atoms with van der Waals surface area (Å²) >= 11 is 0. The van der Waals surface area contributed by atoms with Crippen LogP contribution in [-0.2, 0) is 14.3 Å². The maximum atomic E-state index is 10.4. The van der Waals surface area contributed by atoms with Crippen LogP contribution in [0.5, 0.6) is 0 Å². The monoisotopic (exact) mass is 212 g/mol. The molecule has 0 amide bonds. The Morgan fingerprint density at radius 1 is 1.53 bits per heavy atom. The van der Waals surface area contributed by atoms with Gasteiger partial charge in [0.15, 0.2) is 5.79 Å². The summed E-state index contributed by atoms with van der Waals surface area (Å²) in [4.78, 5) is 10.4. The van der Waals surface area contributed by atoms with Gasteiger partial charge in [0.25, 0.3) is 0 Å². The number of carboxylic acids is 1. The van der Waals surface area contributed by atoms with E-state index in [-0.39, 0.29) is 18.9 Å². The van der Waals surface area contributed by atoms with E-state index in [0.717, 1.165) is 0 Å². The molecular formula is C10H14NO4-. The van der Waals surface area contributed by atoms with Crippen molar-refractivity contribution >= 4 is 5.97 Å². The first-order valence-corrected chi connectivity index (χ1v) is 4.85. The van der Waals surface area contributed by atoms with Crippen LogP contribution in [0.15, 0.2) is 0 Å². The zero-order valence-electron chi connectivity index (χ0n) is 8.86. The number of carbonyl (C=O) groups is 1. The highest BCUT2D eigenvalue weighted by molar-refractivity contribution is 5.64. The summed E-state index contributed by atoms with van der Waals surface area (Å²) < 4.78 is 10.9. The van der Waals surface area contributed by atoms with Crippen molar-refractivity contribution in [3.8, 4) is 6.07 Å². The molecule has 0 aromatic carbocycles. The first-order chi connectivity index (χ1) is 6.93. The molecule has 0 bridgehead atoms. The molecule has 2 unspecified atom stereocenters. The molecule has 1 rings (SSSR count). The Labute approximate surface area is 88.6 Å². The number of hydrogen-bond acceptors (Lipinski definition) is 5. The standard InChI is InChI=1S/C10H15NO4/c1-10(2)14-7(3-4-11)5-8(15-10)6-9(12)13/h7-8H,3,5-6H2,1-2H3,(H,12,13)/p-1. The van der Waals surface area contributed by atoms with Crippen LogP contribution in [-0.4, -0.2) is 24.0 Å². The van der Waals surface area contributed by atoms with E-state index in [9.17, 15) is 9.90 Å². The van der Waals surface area contributed by atoms with Crippen molar-refractivity contribution in [2.24, 2.45) is 0 Å². The fourth-order valence-corrected chi connectivity index (χ4v) is 1.76. The predicted octanol–water partition coefficient (Wildman–Crippen LogP) is -0.0497. The van der Waals surface area contributed by atoms with E-state index in [2.05, 4.69) is 0 Å². The van der Waals surface area contributed by atoms with Crippen molar-refractivity contribution in [1.82, 2.24) is 0 Å². The van der Waals surface area contributed by atoms with Gasteiger partial charge in [0.05, 0.1) is 24.7 Å². The first kappa shape index (κ1) is 12.0. The van der Waals surface area contributed by atoms with Gasteiger partial charge in [-0.15, -0.1) is 0 Å². The number of carboxylic acid groups (broad SMARTS) is 1. The number of nitriles is 1. The minimum Gasteiger partial charge on any atom is -0.550 e. The van der Waals surface area contributed by atoms with Crippen LogP contribution in [0.2, 0.25) is 0 Å². The third kappa shape index (κ3) is 3.86. The van der Waals surface area contributed by atoms with Gasteiger partial charge in [0.1, 0.15) is 0 Å². The van der Waals surface area contributed by atoms with Crippen molar-refractivity contribution in [2.45, 2.75) is 51.1 Å². The lowest BCUT2D eigenvalue weighted by atomic mass is 10.0. The average molecular weight is 212 g/mol. The van der Waals surface area contributed by atoms with Gasteiger partial charge in [0, 0.05) is 18.8 Å². The molecule has 0 aromatic heterocycles. The average Bonchev–Trinajstić information content (AvgIpc) is 1.99. The third-order valence-electron chi connectivity index (χ3n) is 2.14. The molecular weight excluding hydrogens is 198 g/mol. The largest absolute Gasteiger partial charge is 0.550 e. The van der Waals surface area contributed by atoms with Crippen LogP contribution in [0, 0.1) is 11.3 Å². The molecule has 1 saturated heterocycles. The molecule has 15 heavy (non-hydrogen) atoms. The summed E-state index contributed by atoms with van der Waals surface area (Å²) in [7, 11) is 0. The minimum absolute atomic E-state index is 0.158. The molecule has 0 radical (unpaired) electrons. The highest BCUT2D eigenvalue weighted by atomic mass is 16.7. The summed E-state index contributed by atoms with van der Waals surface area (Å²) in [5, 5.41) is 19.0. The number of nitrogens with zero attached hydrogens (tertiary/aromatic N) is 1. The Balaban J connectivity index is 2.60. The van der Waals surface area contributed by atoms with Crippen LogP contribution in [0.3, 0.4) is 0 Å². The Hall–Kier alpha value is -1.12. The quantitative estimate of drug-likeness (QED) is 0.655. The van der Waals surface area contributed by atoms with Crippen LogP contribution in [0.4, 0.5) is 0 Å². The molecule has 1 fully saturated rings. The second-order valence-electron chi connectivity index (χ2n) is 4.05. The Bertz CT molecular complexity index is 282. The van der Waals surface area contributed by atoms with Crippen molar-refractivity contribution in [3.05, 3.63) is 0 Å². The summed E-state index contributed by atoms with van der Waals surface area (Å²) in [6.07, 6.45) is -0.184. The van der Waals surface area contributed by atoms with E-state index in [0.29, 0.717) is 6.42 Å². The summed E-state index contributed by atoms with van der Waals surface area (Å²) in [5.41, 5.74) is 0. The highest BCUT2D eigenvalue weighted by Gasteiger charge is 2.35. The zero-order chi connectivity index (χ0) is 11.5. The number of rotatable bonds is 3. The van der Waals surface area contributed by atoms with Gasteiger partial charge in [-0.05, 0) is 13.8 Å². The van der Waals surface area contributed by atoms with E-state index in [1.807, 2.05) is 6.07 Å². The fourth-order valence-electron chi connectivity index (χ4n) is 1.76. The predicted molar refractivity (Wildman–Crippen MR) is 48.3 cm³/mol. The van der Waals surface area contributed by atoms with Crippen LogP contribution in [0.1, 0.15) is 33.1 Å². The summed E-state index contributed by atoms with van der Waals surface area (Å²) in [5.74, 6) is -1.98. The second-order valence-corrected chi connectivity index (χ2v) is 4.05. The van der Waals surface area contributed by atoms with Crippen LogP contribution in [0.25, 0.3) is 0 Å². The zero-order valence-corrected chi connectivity index (χ0v) is 8.86. The Morgan fingerprint density at radius 2 is 2.13 bits per heavy atom. The van der Waals surface area contributed by atoms with Gasteiger partial charge in [-0.2, -0.15) is 5.26 Å².